The lowest BCUT2D eigenvalue weighted by atomic mass is 9.79. The maximum Gasteiger partial charge on any atom is 0.264 e. The van der Waals surface area contributed by atoms with Gasteiger partial charge in [-0.05, 0) is 222 Å². The van der Waals surface area contributed by atoms with Gasteiger partial charge in [-0.3, -0.25) is 35.9 Å². The quantitative estimate of drug-likeness (QED) is 0.0492. The number of rotatable bonds is 25. The normalized spacial score (nSPS) is 22.7. The van der Waals surface area contributed by atoms with Gasteiger partial charge in [-0.15, -0.1) is 0 Å². The number of benzene rings is 5. The van der Waals surface area contributed by atoms with E-state index in [1.165, 1.54) is 80.5 Å². The van der Waals surface area contributed by atoms with E-state index in [9.17, 15) is 52.8 Å². The minimum Gasteiger partial charge on any atom is -0.496 e. The highest BCUT2D eigenvalue weighted by Crippen LogP contribution is 2.58. The monoisotopic (exact) mass is 1680 g/mol. The van der Waals surface area contributed by atoms with Crippen LogP contribution in [0.4, 0.5) is 0 Å². The number of carbonyl (C=O) groups is 4. The fourth-order valence-electron chi connectivity index (χ4n) is 20.4. The largest absolute Gasteiger partial charge is 0.496 e. The third-order valence-electron chi connectivity index (χ3n) is 25.3. The first-order valence-corrected chi connectivity index (χ1v) is 49.7. The highest BCUT2D eigenvalue weighted by Gasteiger charge is 2.46. The van der Waals surface area contributed by atoms with Gasteiger partial charge < -0.3 is 24.3 Å². The summed E-state index contributed by atoms with van der Waals surface area (Å²) in [7, 11) is -10.3. The van der Waals surface area contributed by atoms with Crippen molar-refractivity contribution in [3.8, 4) is 5.75 Å². The summed E-state index contributed by atoms with van der Waals surface area (Å²) in [5, 5.41) is 0. The Morgan fingerprint density at radius 1 is 0.385 bits per heavy atom. The topological polar surface area (TPSA) is 264 Å². The number of carbonyl (C=O) groups excluding carboxylic acids is 4. The van der Waals surface area contributed by atoms with E-state index < -0.39 is 40.5 Å². The SMILES string of the molecule is CCN(CC)C(=O)C1CCCC2=C1c1c(OC)cccc1C2CCOS(C)(=O)=O.CN(Cc1ccccc1)C(=O)C1CCCC2=C1c1ccccc1C2CCOS(C)(=O)=O.CS(=O)(=O)OCCC1C2=C(c3ccccc31)C(C(=O)N1CCCCC1)CCC2.CS(=O)(=O)OCCC1C2=C(c3ccccc31)C(C(=O)N1CCCCCC1)CCC2. The first-order chi connectivity index (χ1) is 56.1. The highest BCUT2D eigenvalue weighted by molar-refractivity contribution is 7.86. The number of hydrogen-bond acceptors (Lipinski definition) is 17. The number of nitrogens with zero attached hydrogens (tertiary/aromatic N) is 4. The fraction of sp³-hybridized carbons (Fsp3) is 0.543. The lowest BCUT2D eigenvalue weighted by Gasteiger charge is -2.33. The Balaban J connectivity index is 0.000000144. The number of amides is 4. The molecule has 2 aliphatic heterocycles. The lowest BCUT2D eigenvalue weighted by Crippen LogP contribution is -2.40. The van der Waals surface area contributed by atoms with E-state index in [1.54, 1.807) is 7.11 Å². The number of ether oxygens (including phenoxy) is 1. The molecule has 0 aromatic heterocycles. The summed E-state index contributed by atoms with van der Waals surface area (Å²) in [4.78, 5) is 61.5. The van der Waals surface area contributed by atoms with E-state index in [4.69, 9.17) is 21.5 Å². The van der Waals surface area contributed by atoms with Crippen LogP contribution in [0.25, 0.3) is 22.3 Å². The molecule has 0 saturated carbocycles. The van der Waals surface area contributed by atoms with Crippen molar-refractivity contribution < 1.29 is 74.3 Å². The third-order valence-corrected chi connectivity index (χ3v) is 27.7. The molecule has 10 aliphatic rings. The summed E-state index contributed by atoms with van der Waals surface area (Å²) in [6, 6.07) is 40.9. The van der Waals surface area contributed by atoms with Crippen molar-refractivity contribution in [2.75, 3.05) is 105 Å². The number of methoxy groups -OCH3 is 1. The van der Waals surface area contributed by atoms with Crippen molar-refractivity contribution in [1.29, 1.82) is 0 Å². The molecule has 25 heteroatoms. The van der Waals surface area contributed by atoms with Crippen LogP contribution in [-0.4, -0.2) is 182 Å². The molecule has 0 radical (unpaired) electrons. The molecule has 0 N–H and O–H groups in total. The second-order valence-electron chi connectivity index (χ2n) is 33.0. The Kier molecular flexibility index (Phi) is 30.1. The van der Waals surface area contributed by atoms with Gasteiger partial charge in [0.2, 0.25) is 23.6 Å². The van der Waals surface area contributed by atoms with Crippen LogP contribution in [0.5, 0.6) is 5.75 Å². The summed E-state index contributed by atoms with van der Waals surface area (Å²) >= 11 is 0. The Bertz CT molecular complexity index is 5020. The van der Waals surface area contributed by atoms with E-state index in [0.29, 0.717) is 51.2 Å². The molecule has 8 aliphatic carbocycles. The minimum atomic E-state index is -3.48. The molecule has 117 heavy (non-hydrogen) atoms. The van der Waals surface area contributed by atoms with Crippen LogP contribution >= 0.6 is 0 Å². The van der Waals surface area contributed by atoms with Crippen molar-refractivity contribution in [3.05, 3.63) is 194 Å². The molecule has 5 aromatic carbocycles. The molecule has 8 atom stereocenters. The molecule has 2 saturated heterocycles. The highest BCUT2D eigenvalue weighted by atomic mass is 32.2. The Labute approximate surface area is 695 Å². The molecule has 15 rings (SSSR count). The van der Waals surface area contributed by atoms with E-state index in [1.807, 2.05) is 110 Å². The maximum absolute atomic E-state index is 13.5. The molecule has 0 bridgehead atoms. The van der Waals surface area contributed by atoms with Crippen molar-refractivity contribution in [3.63, 3.8) is 0 Å². The van der Waals surface area contributed by atoms with Crippen LogP contribution in [0, 0.1) is 23.7 Å². The molecule has 0 spiro atoms. The molecule has 2 heterocycles. The third kappa shape index (κ3) is 21.6. The van der Waals surface area contributed by atoms with Gasteiger partial charge >= 0.3 is 0 Å². The van der Waals surface area contributed by atoms with Gasteiger partial charge in [-0.25, -0.2) is 0 Å². The van der Waals surface area contributed by atoms with Crippen LogP contribution in [-0.2, 0) is 82.9 Å². The van der Waals surface area contributed by atoms with Gasteiger partial charge in [0.15, 0.2) is 0 Å². The molecule has 634 valence electrons. The molecule has 2 fully saturated rings. The summed E-state index contributed by atoms with van der Waals surface area (Å²) in [6.45, 7) is 10.2. The van der Waals surface area contributed by atoms with Crippen molar-refractivity contribution >= 4 is 86.4 Å². The first kappa shape index (κ1) is 88.7. The number of piperidine rings is 1. The second-order valence-corrected chi connectivity index (χ2v) is 39.6. The molecule has 5 aromatic rings. The second kappa shape index (κ2) is 39.7. The predicted molar refractivity (Wildman–Crippen MR) is 458 cm³/mol. The van der Waals surface area contributed by atoms with E-state index >= 15 is 0 Å². The zero-order chi connectivity index (χ0) is 83.3. The number of likely N-dealkylation sites (tertiary alicyclic amines) is 2. The summed E-state index contributed by atoms with van der Waals surface area (Å²) < 4.78 is 117. The van der Waals surface area contributed by atoms with Crippen LogP contribution < -0.4 is 4.74 Å². The van der Waals surface area contributed by atoms with Gasteiger partial charge in [-0.1, -0.05) is 150 Å². The van der Waals surface area contributed by atoms with E-state index in [2.05, 4.69) is 52.3 Å². The van der Waals surface area contributed by atoms with Gasteiger partial charge in [-0.2, -0.15) is 33.7 Å². The number of hydrogen-bond donors (Lipinski definition) is 0. The summed E-state index contributed by atoms with van der Waals surface area (Å²) in [5.41, 5.74) is 20.4. The number of fused-ring (bicyclic) bond motifs is 8. The minimum absolute atomic E-state index is 0.0520. The average Bonchev–Trinajstić information content (AvgIpc) is 1.74. The average molecular weight is 1680 g/mol. The van der Waals surface area contributed by atoms with Gasteiger partial charge in [0, 0.05) is 82.1 Å². The Morgan fingerprint density at radius 3 is 1.09 bits per heavy atom. The smallest absolute Gasteiger partial charge is 0.264 e. The first-order valence-electron chi connectivity index (χ1n) is 42.5. The number of allylic oxidation sites excluding steroid dienone is 4. The molecule has 4 amide bonds. The van der Waals surface area contributed by atoms with Crippen molar-refractivity contribution in [2.24, 2.45) is 23.7 Å². The molecule has 8 unspecified atom stereocenters. The van der Waals surface area contributed by atoms with Crippen LogP contribution in [0.1, 0.15) is 235 Å². The summed E-state index contributed by atoms with van der Waals surface area (Å²) in [6.07, 6.45) is 26.1. The fourth-order valence-corrected chi connectivity index (χ4v) is 22.0. The molecular formula is C92H120N4O17S4. The zero-order valence-electron chi connectivity index (χ0n) is 69.6. The van der Waals surface area contributed by atoms with Crippen LogP contribution in [0.15, 0.2) is 144 Å². The maximum atomic E-state index is 13.5. The van der Waals surface area contributed by atoms with Gasteiger partial charge in [0.25, 0.3) is 40.5 Å². The lowest BCUT2D eigenvalue weighted by molar-refractivity contribution is -0.135. The summed E-state index contributed by atoms with van der Waals surface area (Å²) in [5.74, 6) is 1.74. The molecular weight excluding hydrogens is 1560 g/mol. The van der Waals surface area contributed by atoms with Crippen molar-refractivity contribution in [1.82, 2.24) is 19.6 Å². The Morgan fingerprint density at radius 2 is 0.709 bits per heavy atom. The zero-order valence-corrected chi connectivity index (χ0v) is 72.8. The standard InChI is InChI=1S/C25H29NO4S.C23H31NO4S.C22H31NO5S.C22H29NO4S/c1-26(17-18-9-4-3-5-10-18)25(27)23-14-8-13-22-20(15-16-30-31(2,28)29)19-11-6-7-12-21(19)24(22)23;1-29(26,27)28-16-13-18-17-9-4-5-10-19(17)22-20(18)11-8-12-21(22)23(25)24-14-6-2-3-7-15-24;1-5-23(6-2)22(24)18-11-7-9-16-15(13-14-28-29(4,25)26)17-10-8-12-19(27-3)21(17)20(16)18;1-28(25,26)27-15-12-17-16-8-3-4-9-18(16)21-19(17)10-7-11-20(21)22(24)23-13-5-2-6-14-23/h3-7,9-12,20,23H,8,13-17H2,1-2H3;4-5,9-10,18,21H,2-3,6-8,11-16H2,1H3;8,10,12,15,18H,5-7,9,11,13-14H2,1-4H3;3-4,8-9,17,20H,2,5-7,10-15H2,1H3. The van der Waals surface area contributed by atoms with Crippen molar-refractivity contribution in [2.45, 2.75) is 192 Å². The van der Waals surface area contributed by atoms with Crippen LogP contribution in [0.3, 0.4) is 0 Å². The van der Waals surface area contributed by atoms with E-state index in [0.717, 1.165) is 193 Å². The van der Waals surface area contributed by atoms with E-state index in [-0.39, 0.29) is 91.5 Å². The predicted octanol–water partition coefficient (Wildman–Crippen LogP) is 15.8. The Hall–Kier alpha value is -7.62. The van der Waals surface area contributed by atoms with Gasteiger partial charge in [0.1, 0.15) is 5.75 Å². The molecule has 21 nitrogen and oxygen atoms in total. The van der Waals surface area contributed by atoms with Gasteiger partial charge in [0.05, 0.1) is 82.2 Å². The van der Waals surface area contributed by atoms with Crippen LogP contribution in [0.2, 0.25) is 0 Å².